The molecule has 7 heteroatoms. The first-order chi connectivity index (χ1) is 14.7. The molecule has 2 heterocycles. The molecule has 1 aromatic heterocycles. The Hall–Kier alpha value is -1.80. The van der Waals surface area contributed by atoms with Gasteiger partial charge < -0.3 is 15.0 Å². The Bertz CT molecular complexity index is 768. The first-order valence-electron chi connectivity index (χ1n) is 11.0. The third-order valence-electron chi connectivity index (χ3n) is 5.47. The van der Waals surface area contributed by atoms with Crippen molar-refractivity contribution in [3.63, 3.8) is 0 Å². The lowest BCUT2D eigenvalue weighted by Crippen LogP contribution is -2.35. The molecule has 6 nitrogen and oxygen atoms in total. The summed E-state index contributed by atoms with van der Waals surface area (Å²) in [5.41, 5.74) is 3.26. The van der Waals surface area contributed by atoms with Crippen molar-refractivity contribution in [1.82, 2.24) is 20.1 Å². The number of nitrogens with one attached hydrogen (secondary N) is 1. The van der Waals surface area contributed by atoms with Crippen LogP contribution >= 0.6 is 11.3 Å². The minimum absolute atomic E-state index is 0.0484. The third kappa shape index (κ3) is 7.16. The van der Waals surface area contributed by atoms with Crippen LogP contribution in [0.25, 0.3) is 10.6 Å². The van der Waals surface area contributed by atoms with Crippen molar-refractivity contribution in [2.24, 2.45) is 0 Å². The zero-order valence-corrected chi connectivity index (χ0v) is 19.0. The number of hydrogen-bond donors (Lipinski definition) is 1. The molecule has 0 spiro atoms. The standard InChI is InChI=1S/C23H34N4O2S/c1-3-26(4-2)11-5-10-24-22(28)16-21-18-30-23(25-21)20-8-6-19(7-9-20)17-27-12-14-29-15-13-27/h6-9,18H,3-5,10-17H2,1-2H3,(H,24,28). The lowest BCUT2D eigenvalue weighted by molar-refractivity contribution is -0.120. The van der Waals surface area contributed by atoms with Crippen LogP contribution in [0.2, 0.25) is 0 Å². The average molecular weight is 431 g/mol. The van der Waals surface area contributed by atoms with Crippen LogP contribution in [0.3, 0.4) is 0 Å². The molecule has 3 rings (SSSR count). The maximum atomic E-state index is 12.2. The van der Waals surface area contributed by atoms with Crippen LogP contribution in [0.1, 0.15) is 31.5 Å². The summed E-state index contributed by atoms with van der Waals surface area (Å²) in [7, 11) is 0. The molecular formula is C23H34N4O2S. The molecule has 0 unspecified atom stereocenters. The second-order valence-corrected chi connectivity index (χ2v) is 8.49. The van der Waals surface area contributed by atoms with Crippen molar-refractivity contribution in [2.45, 2.75) is 33.2 Å². The van der Waals surface area contributed by atoms with Gasteiger partial charge in [-0.3, -0.25) is 9.69 Å². The Morgan fingerprint density at radius 3 is 2.63 bits per heavy atom. The monoisotopic (exact) mass is 430 g/mol. The third-order valence-corrected chi connectivity index (χ3v) is 6.41. The molecule has 1 fully saturated rings. The highest BCUT2D eigenvalue weighted by Gasteiger charge is 2.12. The highest BCUT2D eigenvalue weighted by molar-refractivity contribution is 7.13. The van der Waals surface area contributed by atoms with Gasteiger partial charge in [0.25, 0.3) is 0 Å². The molecule has 1 amide bonds. The number of rotatable bonds is 11. The van der Waals surface area contributed by atoms with Crippen LogP contribution in [0, 0.1) is 0 Å². The lowest BCUT2D eigenvalue weighted by Gasteiger charge is -2.26. The van der Waals surface area contributed by atoms with E-state index < -0.39 is 0 Å². The van der Waals surface area contributed by atoms with Crippen molar-refractivity contribution in [3.05, 3.63) is 40.9 Å². The van der Waals surface area contributed by atoms with E-state index in [1.165, 1.54) is 5.56 Å². The molecule has 30 heavy (non-hydrogen) atoms. The number of morpholine rings is 1. The number of hydrogen-bond acceptors (Lipinski definition) is 6. The van der Waals surface area contributed by atoms with Crippen molar-refractivity contribution < 1.29 is 9.53 Å². The number of carbonyl (C=O) groups is 1. The Kier molecular flexibility index (Phi) is 9.27. The smallest absolute Gasteiger partial charge is 0.226 e. The van der Waals surface area contributed by atoms with Gasteiger partial charge in [0.1, 0.15) is 5.01 Å². The summed E-state index contributed by atoms with van der Waals surface area (Å²) in [6.45, 7) is 12.8. The minimum Gasteiger partial charge on any atom is -0.379 e. The number of carbonyl (C=O) groups excluding carboxylic acids is 1. The number of ether oxygens (including phenoxy) is 1. The summed E-state index contributed by atoms with van der Waals surface area (Å²) in [6.07, 6.45) is 1.32. The largest absolute Gasteiger partial charge is 0.379 e. The molecule has 0 aliphatic carbocycles. The molecule has 2 aromatic rings. The van der Waals surface area contributed by atoms with Gasteiger partial charge in [-0.2, -0.15) is 0 Å². The Labute approximate surface area is 184 Å². The van der Waals surface area contributed by atoms with Crippen LogP contribution in [-0.4, -0.2) is 73.2 Å². The molecule has 164 valence electrons. The number of amides is 1. The zero-order chi connectivity index (χ0) is 21.2. The van der Waals surface area contributed by atoms with E-state index in [9.17, 15) is 4.79 Å². The highest BCUT2D eigenvalue weighted by atomic mass is 32.1. The summed E-state index contributed by atoms with van der Waals surface area (Å²) >= 11 is 1.60. The Morgan fingerprint density at radius 1 is 1.20 bits per heavy atom. The predicted octanol–water partition coefficient (Wildman–Crippen LogP) is 3.03. The SMILES string of the molecule is CCN(CC)CCCNC(=O)Cc1csc(-c2ccc(CN3CCOCC3)cc2)n1. The van der Waals surface area contributed by atoms with E-state index in [1.54, 1.807) is 11.3 Å². The molecule has 1 N–H and O–H groups in total. The van der Waals surface area contributed by atoms with Crippen molar-refractivity contribution in [3.8, 4) is 10.6 Å². The molecule has 0 radical (unpaired) electrons. The van der Waals surface area contributed by atoms with E-state index in [1.807, 2.05) is 5.38 Å². The van der Waals surface area contributed by atoms with Gasteiger partial charge in [-0.05, 0) is 31.6 Å². The molecule has 1 aliphatic heterocycles. The summed E-state index contributed by atoms with van der Waals surface area (Å²) in [5, 5.41) is 5.98. The second kappa shape index (κ2) is 12.2. The second-order valence-electron chi connectivity index (χ2n) is 7.64. The van der Waals surface area contributed by atoms with Crippen LogP contribution in [-0.2, 0) is 22.5 Å². The van der Waals surface area contributed by atoms with E-state index >= 15 is 0 Å². The maximum Gasteiger partial charge on any atom is 0.226 e. The molecule has 0 atom stereocenters. The number of nitrogens with zero attached hydrogens (tertiary/aromatic N) is 3. The Balaban J connectivity index is 1.44. The fourth-order valence-corrected chi connectivity index (χ4v) is 4.41. The molecular weight excluding hydrogens is 396 g/mol. The van der Waals surface area contributed by atoms with Gasteiger partial charge in [0.15, 0.2) is 0 Å². The van der Waals surface area contributed by atoms with Crippen LogP contribution < -0.4 is 5.32 Å². The summed E-state index contributed by atoms with van der Waals surface area (Å²) in [4.78, 5) is 21.7. The maximum absolute atomic E-state index is 12.2. The highest BCUT2D eigenvalue weighted by Crippen LogP contribution is 2.24. The van der Waals surface area contributed by atoms with E-state index in [0.717, 1.165) is 81.7 Å². The first-order valence-corrected chi connectivity index (χ1v) is 11.9. The quantitative estimate of drug-likeness (QED) is 0.556. The fourth-order valence-electron chi connectivity index (χ4n) is 3.59. The molecule has 1 aromatic carbocycles. The van der Waals surface area contributed by atoms with Gasteiger partial charge >= 0.3 is 0 Å². The van der Waals surface area contributed by atoms with Gasteiger partial charge in [0.2, 0.25) is 5.91 Å². The Morgan fingerprint density at radius 2 is 1.93 bits per heavy atom. The summed E-state index contributed by atoms with van der Waals surface area (Å²) in [5.74, 6) is 0.0484. The van der Waals surface area contributed by atoms with E-state index in [-0.39, 0.29) is 5.91 Å². The van der Waals surface area contributed by atoms with Gasteiger partial charge in [0, 0.05) is 37.1 Å². The molecule has 1 saturated heterocycles. The molecule has 1 aliphatic rings. The molecule has 0 bridgehead atoms. The van der Waals surface area contributed by atoms with E-state index in [0.29, 0.717) is 6.42 Å². The normalized spacial score (nSPS) is 14.9. The van der Waals surface area contributed by atoms with Crippen molar-refractivity contribution in [1.29, 1.82) is 0 Å². The van der Waals surface area contributed by atoms with Crippen LogP contribution in [0.5, 0.6) is 0 Å². The minimum atomic E-state index is 0.0484. The van der Waals surface area contributed by atoms with Gasteiger partial charge in [-0.1, -0.05) is 38.1 Å². The van der Waals surface area contributed by atoms with Gasteiger partial charge in [-0.15, -0.1) is 11.3 Å². The summed E-state index contributed by atoms with van der Waals surface area (Å²) < 4.78 is 5.41. The van der Waals surface area contributed by atoms with Crippen molar-refractivity contribution >= 4 is 17.2 Å². The van der Waals surface area contributed by atoms with E-state index in [4.69, 9.17) is 4.74 Å². The van der Waals surface area contributed by atoms with E-state index in [2.05, 4.69) is 58.2 Å². The molecule has 0 saturated carbocycles. The van der Waals surface area contributed by atoms with Crippen molar-refractivity contribution in [2.75, 3.05) is 52.5 Å². The van der Waals surface area contributed by atoms with Crippen LogP contribution in [0.15, 0.2) is 29.6 Å². The fraction of sp³-hybridized carbons (Fsp3) is 0.565. The number of benzene rings is 1. The lowest BCUT2D eigenvalue weighted by atomic mass is 10.1. The number of aromatic nitrogens is 1. The van der Waals surface area contributed by atoms with Gasteiger partial charge in [0.05, 0.1) is 25.3 Å². The predicted molar refractivity (Wildman–Crippen MR) is 123 cm³/mol. The topological polar surface area (TPSA) is 57.7 Å². The van der Waals surface area contributed by atoms with Gasteiger partial charge in [-0.25, -0.2) is 4.98 Å². The average Bonchev–Trinajstić information content (AvgIpc) is 3.23. The number of thiazole rings is 1. The van der Waals surface area contributed by atoms with Crippen LogP contribution in [0.4, 0.5) is 0 Å². The summed E-state index contributed by atoms with van der Waals surface area (Å²) in [6, 6.07) is 8.61. The zero-order valence-electron chi connectivity index (χ0n) is 18.2. The first kappa shape index (κ1) is 22.9.